The molecule has 1 aromatic carbocycles. The SMILES string of the molecule is CCNc1ncc(S(=O)(=O)Nc2ccc(F)cc2I)cn1. The molecule has 0 aliphatic carbocycles. The van der Waals surface area contributed by atoms with Crippen LogP contribution in [0.2, 0.25) is 0 Å². The predicted molar refractivity (Wildman–Crippen MR) is 86.1 cm³/mol. The van der Waals surface area contributed by atoms with Gasteiger partial charge < -0.3 is 5.32 Å². The van der Waals surface area contributed by atoms with Gasteiger partial charge in [-0.2, -0.15) is 0 Å². The molecule has 0 bridgehead atoms. The summed E-state index contributed by atoms with van der Waals surface area (Å²) in [5.41, 5.74) is 0.299. The Balaban J connectivity index is 2.25. The van der Waals surface area contributed by atoms with Crippen LogP contribution in [-0.2, 0) is 10.0 Å². The van der Waals surface area contributed by atoms with E-state index in [1.807, 2.05) is 29.5 Å². The molecule has 2 aromatic rings. The third-order valence-corrected chi connectivity index (χ3v) is 4.66. The number of nitrogens with zero attached hydrogens (tertiary/aromatic N) is 2. The molecule has 2 rings (SSSR count). The number of halogens is 2. The van der Waals surface area contributed by atoms with Crippen molar-refractivity contribution in [1.82, 2.24) is 9.97 Å². The quantitative estimate of drug-likeness (QED) is 0.724. The molecule has 0 saturated carbocycles. The van der Waals surface area contributed by atoms with E-state index < -0.39 is 15.8 Å². The largest absolute Gasteiger partial charge is 0.355 e. The van der Waals surface area contributed by atoms with E-state index in [-0.39, 0.29) is 4.90 Å². The Bertz CT molecular complexity index is 737. The molecule has 1 aromatic heterocycles. The average molecular weight is 422 g/mol. The summed E-state index contributed by atoms with van der Waals surface area (Å²) in [5, 5.41) is 2.87. The van der Waals surface area contributed by atoms with Crippen molar-refractivity contribution in [3.8, 4) is 0 Å². The maximum absolute atomic E-state index is 13.0. The Hall–Kier alpha value is -1.49. The first-order valence-electron chi connectivity index (χ1n) is 5.96. The summed E-state index contributed by atoms with van der Waals surface area (Å²) in [7, 11) is -3.81. The lowest BCUT2D eigenvalue weighted by atomic mass is 10.3. The zero-order valence-corrected chi connectivity index (χ0v) is 13.9. The van der Waals surface area contributed by atoms with Crippen molar-refractivity contribution >= 4 is 44.2 Å². The van der Waals surface area contributed by atoms with Crippen LogP contribution in [0.15, 0.2) is 35.5 Å². The number of aromatic nitrogens is 2. The van der Waals surface area contributed by atoms with E-state index in [0.29, 0.717) is 21.8 Å². The second kappa shape index (κ2) is 6.52. The van der Waals surface area contributed by atoms with Crippen molar-refractivity contribution in [2.45, 2.75) is 11.8 Å². The van der Waals surface area contributed by atoms with Crippen LogP contribution in [0.3, 0.4) is 0 Å². The van der Waals surface area contributed by atoms with Gasteiger partial charge in [-0.3, -0.25) is 4.72 Å². The lowest BCUT2D eigenvalue weighted by molar-refractivity contribution is 0.600. The fraction of sp³-hybridized carbons (Fsp3) is 0.167. The Morgan fingerprint density at radius 2 is 1.95 bits per heavy atom. The van der Waals surface area contributed by atoms with Crippen molar-refractivity contribution in [3.05, 3.63) is 40.0 Å². The lowest BCUT2D eigenvalue weighted by Crippen LogP contribution is -2.15. The summed E-state index contributed by atoms with van der Waals surface area (Å²) in [6.45, 7) is 2.52. The third kappa shape index (κ3) is 4.00. The first kappa shape index (κ1) is 15.9. The summed E-state index contributed by atoms with van der Waals surface area (Å²) in [5.74, 6) is -0.0755. The number of anilines is 2. The monoisotopic (exact) mass is 422 g/mol. The molecule has 0 atom stereocenters. The van der Waals surface area contributed by atoms with Crippen LogP contribution in [0.4, 0.5) is 16.0 Å². The molecule has 21 heavy (non-hydrogen) atoms. The fourth-order valence-electron chi connectivity index (χ4n) is 1.48. The Morgan fingerprint density at radius 1 is 1.29 bits per heavy atom. The highest BCUT2D eigenvalue weighted by atomic mass is 127. The molecular weight excluding hydrogens is 410 g/mol. The second-order valence-corrected chi connectivity index (χ2v) is 6.85. The van der Waals surface area contributed by atoms with Gasteiger partial charge in [-0.15, -0.1) is 0 Å². The van der Waals surface area contributed by atoms with Gasteiger partial charge in [0.25, 0.3) is 10.0 Å². The molecule has 2 N–H and O–H groups in total. The molecule has 0 fully saturated rings. The van der Waals surface area contributed by atoms with E-state index in [0.717, 1.165) is 0 Å². The summed E-state index contributed by atoms with van der Waals surface area (Å²) in [6.07, 6.45) is 2.42. The average Bonchev–Trinajstić information content (AvgIpc) is 2.43. The Labute approximate surface area is 135 Å². The highest BCUT2D eigenvalue weighted by Crippen LogP contribution is 2.22. The van der Waals surface area contributed by atoms with Crippen molar-refractivity contribution in [1.29, 1.82) is 0 Å². The fourth-order valence-corrected chi connectivity index (χ4v) is 3.24. The van der Waals surface area contributed by atoms with Crippen molar-refractivity contribution in [2.75, 3.05) is 16.6 Å². The molecule has 6 nitrogen and oxygen atoms in total. The molecule has 9 heteroatoms. The van der Waals surface area contributed by atoms with E-state index in [4.69, 9.17) is 0 Å². The number of hydrogen-bond acceptors (Lipinski definition) is 5. The van der Waals surface area contributed by atoms with Gasteiger partial charge in [0.2, 0.25) is 5.95 Å². The zero-order valence-electron chi connectivity index (χ0n) is 11.0. The van der Waals surface area contributed by atoms with Gasteiger partial charge in [-0.25, -0.2) is 22.8 Å². The molecular formula is C12H12FIN4O2S. The molecule has 0 aliphatic rings. The summed E-state index contributed by atoms with van der Waals surface area (Å²) in [4.78, 5) is 7.75. The van der Waals surface area contributed by atoms with Crippen molar-refractivity contribution in [3.63, 3.8) is 0 Å². The molecule has 0 unspecified atom stereocenters. The van der Waals surface area contributed by atoms with E-state index in [1.54, 1.807) is 0 Å². The first-order chi connectivity index (χ1) is 9.92. The molecule has 0 radical (unpaired) electrons. The minimum Gasteiger partial charge on any atom is -0.355 e. The lowest BCUT2D eigenvalue weighted by Gasteiger charge is -2.09. The Morgan fingerprint density at radius 3 is 2.52 bits per heavy atom. The highest BCUT2D eigenvalue weighted by Gasteiger charge is 2.17. The molecule has 0 spiro atoms. The summed E-state index contributed by atoms with van der Waals surface area (Å²) < 4.78 is 40.2. The number of benzene rings is 1. The normalized spacial score (nSPS) is 11.2. The van der Waals surface area contributed by atoms with Crippen LogP contribution in [0, 0.1) is 9.39 Å². The Kier molecular flexibility index (Phi) is 4.93. The van der Waals surface area contributed by atoms with Gasteiger partial charge >= 0.3 is 0 Å². The minimum atomic E-state index is -3.81. The van der Waals surface area contributed by atoms with Crippen molar-refractivity contribution < 1.29 is 12.8 Å². The summed E-state index contributed by atoms with van der Waals surface area (Å²) in [6, 6.07) is 3.79. The van der Waals surface area contributed by atoms with Crippen LogP contribution in [-0.4, -0.2) is 24.9 Å². The van der Waals surface area contributed by atoms with E-state index in [1.165, 1.54) is 30.6 Å². The number of rotatable bonds is 5. The second-order valence-electron chi connectivity index (χ2n) is 4.00. The highest BCUT2D eigenvalue weighted by molar-refractivity contribution is 14.1. The number of hydrogen-bond donors (Lipinski definition) is 2. The molecule has 0 aliphatic heterocycles. The molecule has 112 valence electrons. The molecule has 1 heterocycles. The van der Waals surface area contributed by atoms with Crippen LogP contribution < -0.4 is 10.0 Å². The minimum absolute atomic E-state index is 0.0655. The molecule has 0 amide bonds. The summed E-state index contributed by atoms with van der Waals surface area (Å²) >= 11 is 1.85. The topological polar surface area (TPSA) is 84.0 Å². The molecule has 0 saturated heterocycles. The smallest absolute Gasteiger partial charge is 0.265 e. The van der Waals surface area contributed by atoms with Crippen LogP contribution in [0.1, 0.15) is 6.92 Å². The maximum Gasteiger partial charge on any atom is 0.265 e. The van der Waals surface area contributed by atoms with E-state index >= 15 is 0 Å². The van der Waals surface area contributed by atoms with Crippen molar-refractivity contribution in [2.24, 2.45) is 0 Å². The van der Waals surface area contributed by atoms with Gasteiger partial charge in [-0.1, -0.05) is 0 Å². The van der Waals surface area contributed by atoms with Gasteiger partial charge in [0.1, 0.15) is 10.7 Å². The maximum atomic E-state index is 13.0. The van der Waals surface area contributed by atoms with E-state index in [9.17, 15) is 12.8 Å². The van der Waals surface area contributed by atoms with Crippen LogP contribution in [0.5, 0.6) is 0 Å². The first-order valence-corrected chi connectivity index (χ1v) is 8.52. The van der Waals surface area contributed by atoms with Crippen LogP contribution in [0.25, 0.3) is 0 Å². The van der Waals surface area contributed by atoms with Gasteiger partial charge in [0.05, 0.1) is 18.1 Å². The van der Waals surface area contributed by atoms with Crippen LogP contribution >= 0.6 is 22.6 Å². The van der Waals surface area contributed by atoms with Gasteiger partial charge in [-0.05, 0) is 47.7 Å². The number of sulfonamides is 1. The number of nitrogens with one attached hydrogen (secondary N) is 2. The van der Waals surface area contributed by atoms with E-state index in [2.05, 4.69) is 20.0 Å². The van der Waals surface area contributed by atoms with Gasteiger partial charge in [0.15, 0.2) is 0 Å². The van der Waals surface area contributed by atoms with Gasteiger partial charge in [0, 0.05) is 10.1 Å². The third-order valence-electron chi connectivity index (χ3n) is 2.45. The predicted octanol–water partition coefficient (Wildman–Crippen LogP) is 2.45. The zero-order chi connectivity index (χ0) is 15.5. The standard InChI is InChI=1S/C12H12FIN4O2S/c1-2-15-12-16-6-9(7-17-12)21(19,20)18-11-4-3-8(13)5-10(11)14/h3-7,18H,2H2,1H3,(H,15,16,17).